The third kappa shape index (κ3) is 4.72. The average molecular weight is 444 g/mol. The summed E-state index contributed by atoms with van der Waals surface area (Å²) in [4.78, 5) is 23.5. The van der Waals surface area contributed by atoms with Gasteiger partial charge in [-0.15, -0.1) is 0 Å². The average Bonchev–Trinajstić information content (AvgIpc) is 3.14. The van der Waals surface area contributed by atoms with E-state index >= 15 is 0 Å². The Bertz CT molecular complexity index is 1010. The summed E-state index contributed by atoms with van der Waals surface area (Å²) < 4.78 is 1.61. The second-order valence-electron chi connectivity index (χ2n) is 7.60. The number of nitrogens with zero attached hydrogens (tertiary/aromatic N) is 5. The molecule has 0 aliphatic carbocycles. The zero-order valence-electron chi connectivity index (χ0n) is 16.8. The van der Waals surface area contributed by atoms with E-state index in [2.05, 4.69) is 20.0 Å². The van der Waals surface area contributed by atoms with Gasteiger partial charge in [0.2, 0.25) is 0 Å². The highest BCUT2D eigenvalue weighted by Crippen LogP contribution is 2.32. The molecular formula is C22H23Cl2N5O. The van der Waals surface area contributed by atoms with Gasteiger partial charge < -0.3 is 4.90 Å². The Labute approximate surface area is 185 Å². The molecule has 3 heterocycles. The molecular weight excluding hydrogens is 421 g/mol. The van der Waals surface area contributed by atoms with Gasteiger partial charge in [0.25, 0.3) is 5.95 Å². The largest absolute Gasteiger partial charge is 0.303 e. The van der Waals surface area contributed by atoms with E-state index in [1.807, 2.05) is 19.1 Å². The van der Waals surface area contributed by atoms with Gasteiger partial charge in [0, 0.05) is 35.4 Å². The van der Waals surface area contributed by atoms with Crippen LogP contribution in [0.25, 0.3) is 5.95 Å². The predicted octanol–water partition coefficient (Wildman–Crippen LogP) is 4.73. The van der Waals surface area contributed by atoms with E-state index < -0.39 is 0 Å². The molecule has 1 saturated heterocycles. The number of carbonyl (C=O) groups excluding carboxylic acids is 1. The van der Waals surface area contributed by atoms with Crippen LogP contribution in [-0.2, 0) is 0 Å². The van der Waals surface area contributed by atoms with Crippen LogP contribution in [0, 0.1) is 6.92 Å². The van der Waals surface area contributed by atoms with Gasteiger partial charge in [0.15, 0.2) is 5.78 Å². The molecule has 4 rings (SSSR count). The normalized spacial score (nSPS) is 15.4. The molecule has 1 fully saturated rings. The Hall–Kier alpha value is -2.28. The zero-order chi connectivity index (χ0) is 21.1. The number of hydrogen-bond acceptors (Lipinski definition) is 5. The Morgan fingerprint density at radius 1 is 1.10 bits per heavy atom. The second-order valence-corrected chi connectivity index (χ2v) is 8.47. The molecule has 0 N–H and O–H groups in total. The molecule has 0 spiro atoms. The lowest BCUT2D eigenvalue weighted by atomic mass is 9.89. The van der Waals surface area contributed by atoms with Crippen LogP contribution < -0.4 is 0 Å². The van der Waals surface area contributed by atoms with Crippen molar-refractivity contribution in [2.75, 3.05) is 19.6 Å². The number of halogens is 2. The van der Waals surface area contributed by atoms with Crippen LogP contribution in [0.5, 0.6) is 0 Å². The van der Waals surface area contributed by atoms with Gasteiger partial charge in [0.1, 0.15) is 0 Å². The summed E-state index contributed by atoms with van der Waals surface area (Å²) in [5.41, 5.74) is 2.60. The van der Waals surface area contributed by atoms with Crippen molar-refractivity contribution in [3.8, 4) is 5.95 Å². The van der Waals surface area contributed by atoms with E-state index in [9.17, 15) is 4.79 Å². The Balaban J connectivity index is 1.32. The van der Waals surface area contributed by atoms with Gasteiger partial charge in [-0.1, -0.05) is 23.2 Å². The standard InChI is InChI=1S/C22H23Cl2N5O/c1-15-20(14-27-29(15)22-25-6-2-7-26-22)21(30)5-10-28-8-3-16(4-9-28)17-11-18(23)13-19(24)12-17/h2,6-7,11-14,16H,3-5,8-10H2,1H3. The summed E-state index contributed by atoms with van der Waals surface area (Å²) in [6.07, 6.45) is 7.47. The van der Waals surface area contributed by atoms with Gasteiger partial charge in [-0.05, 0) is 68.6 Å². The van der Waals surface area contributed by atoms with Crippen LogP contribution >= 0.6 is 23.2 Å². The van der Waals surface area contributed by atoms with E-state index in [0.717, 1.165) is 38.2 Å². The quantitative estimate of drug-likeness (QED) is 0.515. The van der Waals surface area contributed by atoms with Crippen LogP contribution in [0.4, 0.5) is 0 Å². The Kier molecular flexibility index (Phi) is 6.46. The first kappa shape index (κ1) is 21.0. The molecule has 1 aliphatic rings. The number of Topliss-reactive ketones (excluding diaryl/α,β-unsaturated/α-hetero) is 1. The van der Waals surface area contributed by atoms with Crippen LogP contribution in [0.3, 0.4) is 0 Å². The van der Waals surface area contributed by atoms with Crippen molar-refractivity contribution < 1.29 is 4.79 Å². The topological polar surface area (TPSA) is 63.9 Å². The Morgan fingerprint density at radius 2 is 1.77 bits per heavy atom. The number of benzene rings is 1. The highest BCUT2D eigenvalue weighted by molar-refractivity contribution is 6.34. The molecule has 1 aromatic carbocycles. The molecule has 0 atom stereocenters. The van der Waals surface area contributed by atoms with Crippen molar-refractivity contribution in [3.63, 3.8) is 0 Å². The lowest BCUT2D eigenvalue weighted by molar-refractivity contribution is 0.0956. The first-order chi connectivity index (χ1) is 14.5. The third-order valence-electron chi connectivity index (χ3n) is 5.65. The summed E-state index contributed by atoms with van der Waals surface area (Å²) in [5, 5.41) is 5.66. The molecule has 0 radical (unpaired) electrons. The second kappa shape index (κ2) is 9.25. The molecule has 8 heteroatoms. The fourth-order valence-corrected chi connectivity index (χ4v) is 4.52. The summed E-state index contributed by atoms with van der Waals surface area (Å²) in [5.74, 6) is 1.02. The van der Waals surface area contributed by atoms with E-state index in [1.165, 1.54) is 5.56 Å². The molecule has 6 nitrogen and oxygen atoms in total. The fourth-order valence-electron chi connectivity index (χ4n) is 3.98. The first-order valence-corrected chi connectivity index (χ1v) is 10.8. The van der Waals surface area contributed by atoms with Gasteiger partial charge in [-0.3, -0.25) is 4.79 Å². The molecule has 1 aliphatic heterocycles. The maximum absolute atomic E-state index is 12.8. The van der Waals surface area contributed by atoms with Crippen LogP contribution in [0.2, 0.25) is 10.0 Å². The molecule has 0 saturated carbocycles. The summed E-state index contributed by atoms with van der Waals surface area (Å²) in [7, 11) is 0. The van der Waals surface area contributed by atoms with Crippen LogP contribution in [0.1, 0.15) is 46.8 Å². The van der Waals surface area contributed by atoms with Gasteiger partial charge in [0.05, 0.1) is 17.5 Å². The summed E-state index contributed by atoms with van der Waals surface area (Å²) in [6.45, 7) is 4.53. The van der Waals surface area contributed by atoms with Crippen molar-refractivity contribution in [2.24, 2.45) is 0 Å². The van der Waals surface area contributed by atoms with Crippen LogP contribution in [-0.4, -0.2) is 50.1 Å². The molecule has 0 amide bonds. The SMILES string of the molecule is Cc1c(C(=O)CCN2CCC(c3cc(Cl)cc(Cl)c3)CC2)cnn1-c1ncccn1. The number of aromatic nitrogens is 4. The number of likely N-dealkylation sites (tertiary alicyclic amines) is 1. The highest BCUT2D eigenvalue weighted by atomic mass is 35.5. The smallest absolute Gasteiger partial charge is 0.250 e. The molecule has 156 valence electrons. The van der Waals surface area contributed by atoms with Crippen molar-refractivity contribution in [1.29, 1.82) is 0 Å². The summed E-state index contributed by atoms with van der Waals surface area (Å²) in [6, 6.07) is 7.53. The predicted molar refractivity (Wildman–Crippen MR) is 118 cm³/mol. The maximum atomic E-state index is 12.8. The third-order valence-corrected chi connectivity index (χ3v) is 6.09. The van der Waals surface area contributed by atoms with E-state index in [0.29, 0.717) is 33.9 Å². The maximum Gasteiger partial charge on any atom is 0.250 e. The number of hydrogen-bond donors (Lipinski definition) is 0. The van der Waals surface area contributed by atoms with Gasteiger partial charge >= 0.3 is 0 Å². The highest BCUT2D eigenvalue weighted by Gasteiger charge is 2.23. The molecule has 30 heavy (non-hydrogen) atoms. The number of rotatable bonds is 6. The van der Waals surface area contributed by atoms with Crippen molar-refractivity contribution in [1.82, 2.24) is 24.6 Å². The lowest BCUT2D eigenvalue weighted by Crippen LogP contribution is -2.34. The van der Waals surface area contributed by atoms with E-state index in [-0.39, 0.29) is 5.78 Å². The van der Waals surface area contributed by atoms with Gasteiger partial charge in [-0.25, -0.2) is 14.6 Å². The lowest BCUT2D eigenvalue weighted by Gasteiger charge is -2.32. The minimum Gasteiger partial charge on any atom is -0.303 e. The van der Waals surface area contributed by atoms with Crippen molar-refractivity contribution in [3.05, 3.63) is 69.7 Å². The molecule has 0 bridgehead atoms. The minimum absolute atomic E-state index is 0.0958. The monoisotopic (exact) mass is 443 g/mol. The summed E-state index contributed by atoms with van der Waals surface area (Å²) >= 11 is 12.3. The van der Waals surface area contributed by atoms with Crippen LogP contribution in [0.15, 0.2) is 42.9 Å². The van der Waals surface area contributed by atoms with Crippen molar-refractivity contribution in [2.45, 2.75) is 32.1 Å². The van der Waals surface area contributed by atoms with E-state index in [1.54, 1.807) is 35.4 Å². The minimum atomic E-state index is 0.0958. The van der Waals surface area contributed by atoms with Gasteiger partial charge in [-0.2, -0.15) is 5.10 Å². The zero-order valence-corrected chi connectivity index (χ0v) is 18.3. The Morgan fingerprint density at radius 3 is 2.43 bits per heavy atom. The number of carbonyl (C=O) groups is 1. The molecule has 2 aromatic heterocycles. The molecule has 0 unspecified atom stereocenters. The number of piperidine rings is 1. The number of ketones is 1. The first-order valence-electron chi connectivity index (χ1n) is 10.0. The molecule has 3 aromatic rings. The van der Waals surface area contributed by atoms with Crippen molar-refractivity contribution >= 4 is 29.0 Å². The van der Waals surface area contributed by atoms with E-state index in [4.69, 9.17) is 23.2 Å². The fraction of sp³-hybridized carbons (Fsp3) is 0.364.